The van der Waals surface area contributed by atoms with Gasteiger partial charge in [-0.05, 0) is 17.7 Å². The molecule has 2 N–H and O–H groups in total. The lowest BCUT2D eigenvalue weighted by atomic mass is 9.96. The molecule has 4 rings (SSSR count). The third kappa shape index (κ3) is 3.57. The number of aromatic amines is 1. The van der Waals surface area contributed by atoms with Crippen LogP contribution < -0.4 is 4.90 Å². The molecule has 1 aliphatic heterocycles. The number of nitro groups is 1. The number of aromatic nitrogens is 2. The minimum atomic E-state index is -0.427. The van der Waals surface area contributed by atoms with Crippen molar-refractivity contribution in [2.24, 2.45) is 0 Å². The predicted octanol–water partition coefficient (Wildman–Crippen LogP) is 2.06. The largest absolute Gasteiger partial charge is 0.340 e. The fraction of sp³-hybridized carbons (Fsp3) is 0.273. The summed E-state index contributed by atoms with van der Waals surface area (Å²) >= 11 is 0. The van der Waals surface area contributed by atoms with Crippen LogP contribution in [0.2, 0.25) is 0 Å². The molecule has 0 unspecified atom stereocenters. The van der Waals surface area contributed by atoms with Gasteiger partial charge in [0, 0.05) is 36.2 Å². The van der Waals surface area contributed by atoms with Crippen LogP contribution in [0.15, 0.2) is 54.6 Å². The number of benzene rings is 2. The predicted molar refractivity (Wildman–Crippen MR) is 112 cm³/mol. The highest BCUT2D eigenvalue weighted by atomic mass is 16.6. The van der Waals surface area contributed by atoms with Crippen LogP contribution in [-0.4, -0.2) is 53.1 Å². The molecule has 8 nitrogen and oxygen atoms in total. The molecule has 1 atom stereocenters. The first-order valence-corrected chi connectivity index (χ1v) is 9.95. The van der Waals surface area contributed by atoms with Gasteiger partial charge in [0.05, 0.1) is 37.3 Å². The second-order valence-corrected chi connectivity index (χ2v) is 7.79. The Morgan fingerprint density at radius 1 is 1.13 bits per heavy atom. The number of rotatable bonds is 7. The maximum atomic E-state index is 13.2. The third-order valence-electron chi connectivity index (χ3n) is 5.41. The highest BCUT2D eigenvalue weighted by Crippen LogP contribution is 2.42. The maximum Gasteiger partial charge on any atom is 0.273 e. The van der Waals surface area contributed by atoms with Crippen molar-refractivity contribution in [3.8, 4) is 11.3 Å². The number of hydrogen-bond acceptors (Lipinski definition) is 4. The number of nitro benzene ring substituents is 1. The topological polar surface area (TPSA) is 96.6 Å². The number of fused-ring (bicyclic) bond motifs is 1. The van der Waals surface area contributed by atoms with Gasteiger partial charge in [-0.3, -0.25) is 20.0 Å². The van der Waals surface area contributed by atoms with Gasteiger partial charge in [0.1, 0.15) is 5.69 Å². The zero-order chi connectivity index (χ0) is 21.3. The quantitative estimate of drug-likeness (QED) is 0.464. The SMILES string of the molecule is C[NH+](C)CCCN1C(=O)c2[nH]nc(-c3ccc([N+](=O)[O-])cc3)c2[C@H]1c1ccccc1. The van der Waals surface area contributed by atoms with Crippen LogP contribution in [0.25, 0.3) is 11.3 Å². The number of carbonyl (C=O) groups is 1. The Balaban J connectivity index is 1.75. The van der Waals surface area contributed by atoms with Crippen LogP contribution >= 0.6 is 0 Å². The summed E-state index contributed by atoms with van der Waals surface area (Å²) in [6.45, 7) is 1.61. The van der Waals surface area contributed by atoms with Crippen LogP contribution in [0.4, 0.5) is 5.69 Å². The van der Waals surface area contributed by atoms with E-state index in [-0.39, 0.29) is 17.6 Å². The van der Waals surface area contributed by atoms with Crippen molar-refractivity contribution in [2.75, 3.05) is 27.2 Å². The summed E-state index contributed by atoms with van der Waals surface area (Å²) in [6.07, 6.45) is 0.891. The smallest absolute Gasteiger partial charge is 0.273 e. The molecule has 0 saturated carbocycles. The van der Waals surface area contributed by atoms with E-state index in [1.165, 1.54) is 17.0 Å². The summed E-state index contributed by atoms with van der Waals surface area (Å²) < 4.78 is 0. The number of amides is 1. The zero-order valence-electron chi connectivity index (χ0n) is 17.0. The lowest BCUT2D eigenvalue weighted by molar-refractivity contribution is -0.858. The minimum absolute atomic E-state index is 0.0226. The van der Waals surface area contributed by atoms with Gasteiger partial charge in [-0.1, -0.05) is 30.3 Å². The van der Waals surface area contributed by atoms with Gasteiger partial charge < -0.3 is 9.80 Å². The molecule has 1 aromatic heterocycles. The Morgan fingerprint density at radius 2 is 1.83 bits per heavy atom. The molecule has 2 aromatic carbocycles. The summed E-state index contributed by atoms with van der Waals surface area (Å²) in [4.78, 5) is 27.0. The Kier molecular flexibility index (Phi) is 5.33. The molecule has 0 saturated heterocycles. The molecule has 154 valence electrons. The van der Waals surface area contributed by atoms with Crippen LogP contribution in [0.5, 0.6) is 0 Å². The summed E-state index contributed by atoms with van der Waals surface area (Å²) in [6, 6.07) is 16.0. The average Bonchev–Trinajstić information content (AvgIpc) is 3.28. The van der Waals surface area contributed by atoms with Gasteiger partial charge in [0.15, 0.2) is 0 Å². The number of quaternary nitrogens is 1. The summed E-state index contributed by atoms with van der Waals surface area (Å²) in [5, 5.41) is 18.3. The second kappa shape index (κ2) is 8.08. The molecule has 30 heavy (non-hydrogen) atoms. The monoisotopic (exact) mass is 406 g/mol. The Labute approximate surface area is 174 Å². The van der Waals surface area contributed by atoms with Gasteiger partial charge in [0.25, 0.3) is 11.6 Å². The Hall–Kier alpha value is -3.52. The Bertz CT molecular complexity index is 1060. The number of carbonyl (C=O) groups excluding carboxylic acids is 1. The van der Waals surface area contributed by atoms with Crippen LogP contribution in [0.1, 0.15) is 34.1 Å². The van der Waals surface area contributed by atoms with Crippen LogP contribution in [0, 0.1) is 10.1 Å². The number of H-pyrrole nitrogens is 1. The van der Waals surface area contributed by atoms with Crippen molar-refractivity contribution in [3.05, 3.63) is 81.5 Å². The van der Waals surface area contributed by atoms with Gasteiger partial charge in [-0.15, -0.1) is 0 Å². The highest BCUT2D eigenvalue weighted by Gasteiger charge is 2.41. The van der Waals surface area contributed by atoms with E-state index in [0.717, 1.165) is 29.7 Å². The van der Waals surface area contributed by atoms with Crippen molar-refractivity contribution >= 4 is 11.6 Å². The lowest BCUT2D eigenvalue weighted by Gasteiger charge is -2.26. The standard InChI is InChI=1S/C22H23N5O3/c1-25(2)13-6-14-26-21(16-7-4-3-5-8-16)18-19(23-24-20(18)22(26)28)15-9-11-17(12-10-15)27(29)30/h3-5,7-12,21H,6,13-14H2,1-2H3,(H,23,24)/p+1/t21-/m1/s1. The number of hydrogen-bond donors (Lipinski definition) is 2. The first-order chi connectivity index (χ1) is 14.5. The first kappa shape index (κ1) is 19.8. The number of nitrogens with zero attached hydrogens (tertiary/aromatic N) is 3. The molecule has 8 heteroatoms. The maximum absolute atomic E-state index is 13.2. The molecule has 0 radical (unpaired) electrons. The van der Waals surface area contributed by atoms with Crippen molar-refractivity contribution < 1.29 is 14.6 Å². The average molecular weight is 406 g/mol. The van der Waals surface area contributed by atoms with E-state index >= 15 is 0 Å². The molecule has 3 aromatic rings. The molecule has 0 fully saturated rings. The molecule has 1 amide bonds. The second-order valence-electron chi connectivity index (χ2n) is 7.79. The zero-order valence-corrected chi connectivity index (χ0v) is 17.0. The van der Waals surface area contributed by atoms with E-state index in [1.807, 2.05) is 35.2 Å². The van der Waals surface area contributed by atoms with Crippen molar-refractivity contribution in [1.82, 2.24) is 15.1 Å². The number of nitrogens with one attached hydrogen (secondary N) is 2. The Morgan fingerprint density at radius 3 is 2.47 bits per heavy atom. The van der Waals surface area contributed by atoms with E-state index in [2.05, 4.69) is 24.3 Å². The molecule has 0 aliphatic carbocycles. The molecule has 0 spiro atoms. The van der Waals surface area contributed by atoms with E-state index in [0.29, 0.717) is 17.9 Å². The lowest BCUT2D eigenvalue weighted by Crippen LogP contribution is -3.05. The van der Waals surface area contributed by atoms with Crippen LogP contribution in [0.3, 0.4) is 0 Å². The third-order valence-corrected chi connectivity index (χ3v) is 5.41. The molecule has 2 heterocycles. The fourth-order valence-electron chi connectivity index (χ4n) is 3.97. The van der Waals surface area contributed by atoms with E-state index in [9.17, 15) is 14.9 Å². The van der Waals surface area contributed by atoms with Crippen LogP contribution in [-0.2, 0) is 0 Å². The van der Waals surface area contributed by atoms with Gasteiger partial charge in [-0.25, -0.2) is 0 Å². The molecule has 1 aliphatic rings. The van der Waals surface area contributed by atoms with Crippen molar-refractivity contribution in [2.45, 2.75) is 12.5 Å². The van der Waals surface area contributed by atoms with Crippen molar-refractivity contribution in [3.63, 3.8) is 0 Å². The van der Waals surface area contributed by atoms with E-state index in [1.54, 1.807) is 12.1 Å². The van der Waals surface area contributed by atoms with E-state index in [4.69, 9.17) is 0 Å². The summed E-state index contributed by atoms with van der Waals surface area (Å²) in [7, 11) is 4.19. The normalized spacial score (nSPS) is 15.6. The number of non-ortho nitro benzene ring substituents is 1. The molecular formula is C22H24N5O3+. The van der Waals surface area contributed by atoms with Gasteiger partial charge >= 0.3 is 0 Å². The minimum Gasteiger partial charge on any atom is -0.340 e. The fourth-order valence-corrected chi connectivity index (χ4v) is 3.97. The van der Waals surface area contributed by atoms with E-state index < -0.39 is 4.92 Å². The summed E-state index contributed by atoms with van der Waals surface area (Å²) in [5.74, 6) is -0.0618. The van der Waals surface area contributed by atoms with Crippen molar-refractivity contribution in [1.29, 1.82) is 0 Å². The highest BCUT2D eigenvalue weighted by molar-refractivity contribution is 6.00. The molecule has 0 bridgehead atoms. The molecular weight excluding hydrogens is 382 g/mol. The summed E-state index contributed by atoms with van der Waals surface area (Å²) in [5.41, 5.74) is 3.77. The van der Waals surface area contributed by atoms with Gasteiger partial charge in [-0.2, -0.15) is 5.10 Å². The first-order valence-electron chi connectivity index (χ1n) is 9.95. The van der Waals surface area contributed by atoms with Gasteiger partial charge in [0.2, 0.25) is 0 Å².